The number of methoxy groups -OCH3 is 1. The van der Waals surface area contributed by atoms with E-state index < -0.39 is 5.91 Å². The van der Waals surface area contributed by atoms with Gasteiger partial charge in [0.15, 0.2) is 0 Å². The molecule has 0 unspecified atom stereocenters. The Morgan fingerprint density at radius 1 is 0.967 bits per heavy atom. The van der Waals surface area contributed by atoms with Crippen molar-refractivity contribution in [2.75, 3.05) is 12.4 Å². The van der Waals surface area contributed by atoms with Gasteiger partial charge in [0.2, 0.25) is 0 Å². The first-order valence-electron chi connectivity index (χ1n) is 9.17. The maximum Gasteiger partial charge on any atom is 0.261 e. The summed E-state index contributed by atoms with van der Waals surface area (Å²) in [4.78, 5) is 39.3. The molecular weight excluding hydrogens is 404 g/mol. The Labute approximate surface area is 178 Å². The van der Waals surface area contributed by atoms with Crippen LogP contribution in [0.25, 0.3) is 0 Å². The van der Waals surface area contributed by atoms with Crippen LogP contribution in [0.4, 0.5) is 5.69 Å². The minimum Gasteiger partial charge on any atom is -0.496 e. The van der Waals surface area contributed by atoms with Crippen LogP contribution in [0.5, 0.6) is 5.75 Å². The molecular formula is C23H17ClN2O4. The van der Waals surface area contributed by atoms with Crippen LogP contribution in [-0.2, 0) is 6.54 Å². The second-order valence-electron chi connectivity index (χ2n) is 6.71. The molecule has 0 radical (unpaired) electrons. The molecule has 0 aliphatic carbocycles. The quantitative estimate of drug-likeness (QED) is 0.621. The van der Waals surface area contributed by atoms with Crippen LogP contribution < -0.4 is 10.1 Å². The van der Waals surface area contributed by atoms with E-state index in [1.165, 1.54) is 12.0 Å². The fraction of sp³-hybridized carbons (Fsp3) is 0.0870. The number of carbonyl (C=O) groups excluding carboxylic acids is 3. The van der Waals surface area contributed by atoms with Crippen molar-refractivity contribution < 1.29 is 19.1 Å². The van der Waals surface area contributed by atoms with Crippen molar-refractivity contribution in [3.8, 4) is 5.75 Å². The number of rotatable bonds is 5. The Bertz CT molecular complexity index is 1140. The number of amides is 3. The number of carbonyl (C=O) groups is 3. The third-order valence-corrected chi connectivity index (χ3v) is 5.18. The zero-order valence-electron chi connectivity index (χ0n) is 16.0. The van der Waals surface area contributed by atoms with Gasteiger partial charge in [-0.3, -0.25) is 19.3 Å². The van der Waals surface area contributed by atoms with Gasteiger partial charge in [0.05, 0.1) is 41.1 Å². The van der Waals surface area contributed by atoms with Crippen molar-refractivity contribution in [1.29, 1.82) is 0 Å². The first-order valence-corrected chi connectivity index (χ1v) is 9.55. The molecule has 30 heavy (non-hydrogen) atoms. The van der Waals surface area contributed by atoms with Crippen LogP contribution in [0.3, 0.4) is 0 Å². The lowest BCUT2D eigenvalue weighted by Crippen LogP contribution is -2.29. The Morgan fingerprint density at radius 3 is 2.23 bits per heavy atom. The van der Waals surface area contributed by atoms with Crippen LogP contribution in [0.2, 0.25) is 5.02 Å². The zero-order chi connectivity index (χ0) is 21.3. The summed E-state index contributed by atoms with van der Waals surface area (Å²) in [5, 5.41) is 3.16. The number of nitrogens with zero attached hydrogens (tertiary/aromatic N) is 1. The molecule has 1 aliphatic rings. The number of hydrogen-bond donors (Lipinski definition) is 1. The van der Waals surface area contributed by atoms with E-state index in [2.05, 4.69) is 5.32 Å². The monoisotopic (exact) mass is 420 g/mol. The third-order valence-electron chi connectivity index (χ3n) is 4.85. The van der Waals surface area contributed by atoms with Crippen molar-refractivity contribution in [3.05, 3.63) is 94.0 Å². The van der Waals surface area contributed by atoms with Gasteiger partial charge in [-0.1, -0.05) is 41.9 Å². The number of nitrogens with one attached hydrogen (secondary N) is 1. The lowest BCUT2D eigenvalue weighted by molar-refractivity contribution is 0.0642. The SMILES string of the molecule is COc1ccc(CN2C(=O)c3ccccc3C2=O)cc1C(=O)Nc1ccccc1Cl. The molecule has 0 saturated heterocycles. The largest absolute Gasteiger partial charge is 0.496 e. The van der Waals surface area contributed by atoms with Gasteiger partial charge in [0, 0.05) is 0 Å². The fourth-order valence-corrected chi connectivity index (χ4v) is 3.53. The van der Waals surface area contributed by atoms with Gasteiger partial charge in [-0.05, 0) is 42.0 Å². The Kier molecular flexibility index (Phi) is 5.25. The van der Waals surface area contributed by atoms with E-state index in [9.17, 15) is 14.4 Å². The highest BCUT2D eigenvalue weighted by Gasteiger charge is 2.35. The molecule has 3 aromatic rings. The van der Waals surface area contributed by atoms with E-state index in [0.29, 0.717) is 33.1 Å². The predicted octanol–water partition coefficient (Wildman–Crippen LogP) is 4.40. The van der Waals surface area contributed by atoms with E-state index in [0.717, 1.165) is 0 Å². The standard InChI is InChI=1S/C23H17ClN2O4/c1-30-20-11-10-14(12-17(20)21(27)25-19-9-5-4-8-18(19)24)13-26-22(28)15-6-2-3-7-16(15)23(26)29/h2-12H,13H2,1H3,(H,25,27). The number of anilines is 1. The van der Waals surface area contributed by atoms with E-state index in [-0.39, 0.29) is 23.9 Å². The maximum absolute atomic E-state index is 12.8. The minimum atomic E-state index is -0.413. The van der Waals surface area contributed by atoms with Crippen LogP contribution in [0, 0.1) is 0 Å². The molecule has 3 aromatic carbocycles. The summed E-state index contributed by atoms with van der Waals surface area (Å²) < 4.78 is 5.31. The predicted molar refractivity (Wildman–Crippen MR) is 113 cm³/mol. The van der Waals surface area contributed by atoms with Gasteiger partial charge in [-0.2, -0.15) is 0 Å². The van der Waals surface area contributed by atoms with Crippen molar-refractivity contribution >= 4 is 35.0 Å². The van der Waals surface area contributed by atoms with Crippen molar-refractivity contribution in [2.45, 2.75) is 6.54 Å². The summed E-state index contributed by atoms with van der Waals surface area (Å²) >= 11 is 6.12. The Morgan fingerprint density at radius 2 is 1.60 bits per heavy atom. The molecule has 0 saturated carbocycles. The van der Waals surface area contributed by atoms with Gasteiger partial charge in [0.25, 0.3) is 17.7 Å². The highest BCUT2D eigenvalue weighted by atomic mass is 35.5. The summed E-state index contributed by atoms with van der Waals surface area (Å²) in [7, 11) is 1.46. The molecule has 1 heterocycles. The van der Waals surface area contributed by atoms with E-state index in [1.807, 2.05) is 0 Å². The average molecular weight is 421 g/mol. The molecule has 4 rings (SSSR count). The summed E-state index contributed by atoms with van der Waals surface area (Å²) in [6.07, 6.45) is 0. The molecule has 0 fully saturated rings. The molecule has 0 bridgehead atoms. The number of para-hydroxylation sites is 1. The Hall–Kier alpha value is -3.64. The van der Waals surface area contributed by atoms with Crippen LogP contribution >= 0.6 is 11.6 Å². The maximum atomic E-state index is 12.8. The van der Waals surface area contributed by atoms with Gasteiger partial charge >= 0.3 is 0 Å². The van der Waals surface area contributed by atoms with Gasteiger partial charge in [-0.15, -0.1) is 0 Å². The third kappa shape index (κ3) is 3.53. The van der Waals surface area contributed by atoms with E-state index >= 15 is 0 Å². The van der Waals surface area contributed by atoms with Crippen LogP contribution in [-0.4, -0.2) is 29.7 Å². The summed E-state index contributed by atoms with van der Waals surface area (Å²) in [5.41, 5.74) is 2.12. The second-order valence-corrected chi connectivity index (χ2v) is 7.12. The number of fused-ring (bicyclic) bond motifs is 1. The number of imide groups is 1. The zero-order valence-corrected chi connectivity index (χ0v) is 16.8. The molecule has 3 amide bonds. The summed E-state index contributed by atoms with van der Waals surface area (Å²) in [6, 6.07) is 18.5. The highest BCUT2D eigenvalue weighted by molar-refractivity contribution is 6.34. The van der Waals surface area contributed by atoms with Crippen molar-refractivity contribution in [2.24, 2.45) is 0 Å². The van der Waals surface area contributed by atoms with E-state index in [1.54, 1.807) is 66.7 Å². The molecule has 0 atom stereocenters. The van der Waals surface area contributed by atoms with Crippen molar-refractivity contribution in [3.63, 3.8) is 0 Å². The first-order chi connectivity index (χ1) is 14.5. The molecule has 150 valence electrons. The van der Waals surface area contributed by atoms with Gasteiger partial charge in [0.1, 0.15) is 5.75 Å². The number of halogens is 1. The number of benzene rings is 3. The van der Waals surface area contributed by atoms with Crippen molar-refractivity contribution in [1.82, 2.24) is 4.90 Å². The lowest BCUT2D eigenvalue weighted by atomic mass is 10.1. The van der Waals surface area contributed by atoms with Crippen LogP contribution in [0.15, 0.2) is 66.7 Å². The molecule has 0 spiro atoms. The Balaban J connectivity index is 1.61. The summed E-state index contributed by atoms with van der Waals surface area (Å²) in [5.74, 6) is -0.753. The number of hydrogen-bond acceptors (Lipinski definition) is 4. The van der Waals surface area contributed by atoms with Crippen LogP contribution in [0.1, 0.15) is 36.6 Å². The second kappa shape index (κ2) is 8.00. The minimum absolute atomic E-state index is 0.0444. The topological polar surface area (TPSA) is 75.7 Å². The molecule has 1 aliphatic heterocycles. The first kappa shape index (κ1) is 19.7. The molecule has 6 nitrogen and oxygen atoms in total. The normalized spacial score (nSPS) is 12.7. The van der Waals surface area contributed by atoms with Gasteiger partial charge < -0.3 is 10.1 Å². The average Bonchev–Trinajstić information content (AvgIpc) is 3.00. The molecule has 0 aromatic heterocycles. The number of ether oxygens (including phenoxy) is 1. The smallest absolute Gasteiger partial charge is 0.261 e. The van der Waals surface area contributed by atoms with Gasteiger partial charge in [-0.25, -0.2) is 0 Å². The molecule has 7 heteroatoms. The lowest BCUT2D eigenvalue weighted by Gasteiger charge is -2.16. The van der Waals surface area contributed by atoms with E-state index in [4.69, 9.17) is 16.3 Å². The highest BCUT2D eigenvalue weighted by Crippen LogP contribution is 2.28. The molecule has 1 N–H and O–H groups in total. The summed E-state index contributed by atoms with van der Waals surface area (Å²) in [6.45, 7) is 0.0444. The fourth-order valence-electron chi connectivity index (χ4n) is 3.35.